The second-order valence-electron chi connectivity index (χ2n) is 4.48. The predicted octanol–water partition coefficient (Wildman–Crippen LogP) is 1.61. The predicted molar refractivity (Wildman–Crippen MR) is 55.9 cm³/mol. The Bertz CT molecular complexity index is 135. The van der Waals surface area contributed by atoms with Gasteiger partial charge in [-0.2, -0.15) is 0 Å². The quantitative estimate of drug-likeness (QED) is 0.710. The van der Waals surface area contributed by atoms with Crippen molar-refractivity contribution in [2.75, 3.05) is 26.2 Å². The smallest absolute Gasteiger partial charge is 0.0107 e. The lowest BCUT2D eigenvalue weighted by Gasteiger charge is -2.19. The van der Waals surface area contributed by atoms with Gasteiger partial charge in [-0.15, -0.1) is 0 Å². The molecular weight excluding hydrogens is 160 g/mol. The fraction of sp³-hybridized carbons (Fsp3) is 1.00. The summed E-state index contributed by atoms with van der Waals surface area (Å²) in [5, 5.41) is 3.58. The van der Waals surface area contributed by atoms with Crippen molar-refractivity contribution >= 4 is 0 Å². The Hall–Kier alpha value is -0.0800. The molecule has 0 unspecified atom stereocenters. The minimum absolute atomic E-state index is 0.881. The molecule has 0 aromatic heterocycles. The molecule has 0 aromatic carbocycles. The molecule has 0 spiro atoms. The molecule has 1 aliphatic heterocycles. The Kier molecular flexibility index (Phi) is 3.62. The lowest BCUT2D eigenvalue weighted by molar-refractivity contribution is 0.284. The Labute approximate surface area is 81.7 Å². The molecule has 2 rings (SSSR count). The van der Waals surface area contributed by atoms with E-state index >= 15 is 0 Å². The summed E-state index contributed by atoms with van der Waals surface area (Å²) in [6.45, 7) is 5.17. The second-order valence-corrected chi connectivity index (χ2v) is 4.48. The summed E-state index contributed by atoms with van der Waals surface area (Å²) < 4.78 is 0. The maximum atomic E-state index is 3.58. The molecule has 0 radical (unpaired) electrons. The largest absolute Gasteiger partial charge is 0.313 e. The van der Waals surface area contributed by atoms with Gasteiger partial charge in [0.25, 0.3) is 0 Å². The van der Waals surface area contributed by atoms with Gasteiger partial charge in [0.1, 0.15) is 0 Å². The first-order valence-corrected chi connectivity index (χ1v) is 5.91. The van der Waals surface area contributed by atoms with Crippen LogP contribution in [0.1, 0.15) is 38.5 Å². The summed E-state index contributed by atoms with van der Waals surface area (Å²) in [4.78, 5) is 2.63. The van der Waals surface area contributed by atoms with E-state index in [1.165, 1.54) is 64.7 Å². The van der Waals surface area contributed by atoms with E-state index < -0.39 is 0 Å². The van der Waals surface area contributed by atoms with Crippen molar-refractivity contribution in [3.8, 4) is 0 Å². The van der Waals surface area contributed by atoms with Crippen molar-refractivity contribution < 1.29 is 0 Å². The van der Waals surface area contributed by atoms with Gasteiger partial charge in [-0.05, 0) is 38.8 Å². The first kappa shape index (κ1) is 9.47. The van der Waals surface area contributed by atoms with Crippen molar-refractivity contribution in [1.29, 1.82) is 0 Å². The lowest BCUT2D eigenvalue weighted by Crippen LogP contribution is -2.33. The van der Waals surface area contributed by atoms with E-state index in [-0.39, 0.29) is 0 Å². The molecule has 2 aliphatic rings. The molecule has 76 valence electrons. The zero-order valence-electron chi connectivity index (χ0n) is 8.60. The van der Waals surface area contributed by atoms with Crippen LogP contribution in [-0.2, 0) is 0 Å². The maximum absolute atomic E-state index is 3.58. The van der Waals surface area contributed by atoms with E-state index in [2.05, 4.69) is 10.2 Å². The van der Waals surface area contributed by atoms with Gasteiger partial charge in [0.2, 0.25) is 0 Å². The van der Waals surface area contributed by atoms with Crippen LogP contribution >= 0.6 is 0 Å². The summed E-state index contributed by atoms with van der Waals surface area (Å²) in [7, 11) is 0. The number of rotatable bonds is 4. The molecular formula is C11H22N2. The standard InChI is InChI=1S/C11H22N2/c1-2-4-9-13(8-3-1)10-7-12-11-5-6-11/h11-12H,1-10H2. The fourth-order valence-electron chi connectivity index (χ4n) is 2.07. The second kappa shape index (κ2) is 4.97. The maximum Gasteiger partial charge on any atom is 0.0107 e. The molecule has 0 bridgehead atoms. The van der Waals surface area contributed by atoms with Crippen LogP contribution in [0.15, 0.2) is 0 Å². The van der Waals surface area contributed by atoms with Crippen LogP contribution in [0, 0.1) is 0 Å². The summed E-state index contributed by atoms with van der Waals surface area (Å²) in [5.74, 6) is 0. The highest BCUT2D eigenvalue weighted by Crippen LogP contribution is 2.18. The number of hydrogen-bond donors (Lipinski definition) is 1. The molecule has 1 aliphatic carbocycles. The molecule has 2 heteroatoms. The fourth-order valence-corrected chi connectivity index (χ4v) is 2.07. The summed E-state index contributed by atoms with van der Waals surface area (Å²) in [6.07, 6.45) is 8.58. The minimum atomic E-state index is 0.881. The molecule has 0 amide bonds. The molecule has 0 aromatic rings. The Morgan fingerprint density at radius 2 is 1.69 bits per heavy atom. The zero-order valence-corrected chi connectivity index (χ0v) is 8.60. The van der Waals surface area contributed by atoms with E-state index in [4.69, 9.17) is 0 Å². The van der Waals surface area contributed by atoms with E-state index in [9.17, 15) is 0 Å². The first-order chi connectivity index (χ1) is 6.45. The van der Waals surface area contributed by atoms with Crippen LogP contribution in [0.4, 0.5) is 0 Å². The minimum Gasteiger partial charge on any atom is -0.313 e. The van der Waals surface area contributed by atoms with Gasteiger partial charge in [0, 0.05) is 19.1 Å². The van der Waals surface area contributed by atoms with Crippen LogP contribution in [0.3, 0.4) is 0 Å². The van der Waals surface area contributed by atoms with E-state index in [1.807, 2.05) is 0 Å². The van der Waals surface area contributed by atoms with Crippen LogP contribution in [-0.4, -0.2) is 37.1 Å². The Morgan fingerprint density at radius 1 is 1.00 bits per heavy atom. The monoisotopic (exact) mass is 182 g/mol. The molecule has 2 nitrogen and oxygen atoms in total. The number of nitrogens with zero attached hydrogens (tertiary/aromatic N) is 1. The normalized spacial score (nSPS) is 25.8. The van der Waals surface area contributed by atoms with Crippen molar-refractivity contribution in [3.05, 3.63) is 0 Å². The van der Waals surface area contributed by atoms with Crippen molar-refractivity contribution in [2.24, 2.45) is 0 Å². The molecule has 1 N–H and O–H groups in total. The number of hydrogen-bond acceptors (Lipinski definition) is 2. The Balaban J connectivity index is 1.55. The third-order valence-corrected chi connectivity index (χ3v) is 3.14. The number of likely N-dealkylation sites (tertiary alicyclic amines) is 1. The van der Waals surface area contributed by atoms with E-state index in [0.717, 1.165) is 6.04 Å². The molecule has 1 heterocycles. The Morgan fingerprint density at radius 3 is 2.31 bits per heavy atom. The highest BCUT2D eigenvalue weighted by atomic mass is 15.1. The zero-order chi connectivity index (χ0) is 8.93. The molecule has 13 heavy (non-hydrogen) atoms. The summed E-state index contributed by atoms with van der Waals surface area (Å²) in [6, 6.07) is 0.881. The van der Waals surface area contributed by atoms with Gasteiger partial charge in [0.15, 0.2) is 0 Å². The molecule has 0 atom stereocenters. The van der Waals surface area contributed by atoms with Crippen LogP contribution < -0.4 is 5.32 Å². The highest BCUT2D eigenvalue weighted by Gasteiger charge is 2.20. The van der Waals surface area contributed by atoms with Gasteiger partial charge in [-0.25, -0.2) is 0 Å². The van der Waals surface area contributed by atoms with Gasteiger partial charge < -0.3 is 10.2 Å². The average Bonchev–Trinajstić information content (AvgIpc) is 2.91. The van der Waals surface area contributed by atoms with Crippen LogP contribution in [0.2, 0.25) is 0 Å². The van der Waals surface area contributed by atoms with Gasteiger partial charge in [-0.3, -0.25) is 0 Å². The third kappa shape index (κ3) is 3.65. The van der Waals surface area contributed by atoms with Crippen LogP contribution in [0.25, 0.3) is 0 Å². The first-order valence-electron chi connectivity index (χ1n) is 5.91. The van der Waals surface area contributed by atoms with Gasteiger partial charge in [0.05, 0.1) is 0 Å². The van der Waals surface area contributed by atoms with E-state index in [0.29, 0.717) is 0 Å². The van der Waals surface area contributed by atoms with Crippen molar-refractivity contribution in [1.82, 2.24) is 10.2 Å². The van der Waals surface area contributed by atoms with E-state index in [1.54, 1.807) is 0 Å². The molecule has 1 saturated carbocycles. The van der Waals surface area contributed by atoms with Crippen molar-refractivity contribution in [3.63, 3.8) is 0 Å². The third-order valence-electron chi connectivity index (χ3n) is 3.14. The van der Waals surface area contributed by atoms with Gasteiger partial charge in [-0.1, -0.05) is 12.8 Å². The highest BCUT2D eigenvalue weighted by molar-refractivity contribution is 4.81. The molecule has 1 saturated heterocycles. The summed E-state index contributed by atoms with van der Waals surface area (Å²) in [5.41, 5.74) is 0. The topological polar surface area (TPSA) is 15.3 Å². The van der Waals surface area contributed by atoms with Crippen molar-refractivity contribution in [2.45, 2.75) is 44.6 Å². The van der Waals surface area contributed by atoms with Crippen LogP contribution in [0.5, 0.6) is 0 Å². The SMILES string of the molecule is C1CCCN(CCNC2CC2)CC1. The van der Waals surface area contributed by atoms with Gasteiger partial charge >= 0.3 is 0 Å². The molecule has 2 fully saturated rings. The lowest BCUT2D eigenvalue weighted by atomic mass is 10.2. The summed E-state index contributed by atoms with van der Waals surface area (Å²) >= 11 is 0. The number of nitrogens with one attached hydrogen (secondary N) is 1. The average molecular weight is 182 g/mol.